The highest BCUT2D eigenvalue weighted by Gasteiger charge is 2.18. The van der Waals surface area contributed by atoms with E-state index in [-0.39, 0.29) is 11.6 Å². The van der Waals surface area contributed by atoms with Crippen LogP contribution in [0.5, 0.6) is 11.5 Å². The number of nitrogens with zero attached hydrogens (tertiary/aromatic N) is 2. The summed E-state index contributed by atoms with van der Waals surface area (Å²) < 4.78 is 25.1. The Morgan fingerprint density at radius 1 is 1.08 bits per heavy atom. The molecule has 6 nitrogen and oxygen atoms in total. The van der Waals surface area contributed by atoms with Gasteiger partial charge >= 0.3 is 0 Å². The fourth-order valence-electron chi connectivity index (χ4n) is 2.60. The Morgan fingerprint density at radius 3 is 2.54 bits per heavy atom. The molecule has 1 atom stereocenters. The second-order valence-corrected chi connectivity index (χ2v) is 5.57. The maximum atomic E-state index is 13.9. The third-order valence-corrected chi connectivity index (χ3v) is 3.84. The largest absolute Gasteiger partial charge is 0.490 e. The fraction of sp³-hybridized carbons (Fsp3) is 0.263. The van der Waals surface area contributed by atoms with Crippen molar-refractivity contribution in [2.75, 3.05) is 13.2 Å². The van der Waals surface area contributed by atoms with Crippen molar-refractivity contribution in [1.29, 1.82) is 0 Å². The number of nitrogens with two attached hydrogens (primary N) is 1. The lowest BCUT2D eigenvalue weighted by atomic mass is 10.1. The van der Waals surface area contributed by atoms with Gasteiger partial charge in [-0.05, 0) is 43.7 Å². The van der Waals surface area contributed by atoms with Crippen molar-refractivity contribution in [1.82, 2.24) is 15.2 Å². The van der Waals surface area contributed by atoms with Crippen LogP contribution in [-0.2, 0) is 0 Å². The van der Waals surface area contributed by atoms with Gasteiger partial charge in [0, 0.05) is 0 Å². The first-order valence-electron chi connectivity index (χ1n) is 8.46. The summed E-state index contributed by atoms with van der Waals surface area (Å²) in [7, 11) is 0. The second-order valence-electron chi connectivity index (χ2n) is 5.57. The Balaban J connectivity index is 1.89. The molecule has 3 aromatic rings. The van der Waals surface area contributed by atoms with Gasteiger partial charge in [-0.15, -0.1) is 0 Å². The Morgan fingerprint density at radius 2 is 1.81 bits per heavy atom. The van der Waals surface area contributed by atoms with Crippen LogP contribution < -0.4 is 15.2 Å². The van der Waals surface area contributed by atoms with E-state index in [1.165, 1.54) is 6.07 Å². The molecule has 0 saturated heterocycles. The van der Waals surface area contributed by atoms with Crippen molar-refractivity contribution in [3.8, 4) is 22.9 Å². The first kappa shape index (κ1) is 17.9. The van der Waals surface area contributed by atoms with E-state index < -0.39 is 6.04 Å². The Bertz CT molecular complexity index is 881. The van der Waals surface area contributed by atoms with Gasteiger partial charge in [-0.1, -0.05) is 18.2 Å². The van der Waals surface area contributed by atoms with Crippen LogP contribution in [0.15, 0.2) is 42.5 Å². The van der Waals surface area contributed by atoms with Crippen molar-refractivity contribution >= 4 is 0 Å². The van der Waals surface area contributed by atoms with Gasteiger partial charge in [0.1, 0.15) is 11.6 Å². The molecule has 0 spiro atoms. The Hall–Kier alpha value is -2.93. The number of H-pyrrole nitrogens is 1. The average Bonchev–Trinajstić information content (AvgIpc) is 3.13. The highest BCUT2D eigenvalue weighted by Crippen LogP contribution is 2.31. The van der Waals surface area contributed by atoms with Crippen LogP contribution in [-0.4, -0.2) is 28.4 Å². The van der Waals surface area contributed by atoms with Gasteiger partial charge in [0.15, 0.2) is 17.3 Å². The van der Waals surface area contributed by atoms with Crippen LogP contribution in [0.4, 0.5) is 4.39 Å². The molecule has 3 N–H and O–H groups in total. The molecule has 0 aliphatic rings. The zero-order valence-corrected chi connectivity index (χ0v) is 14.7. The zero-order chi connectivity index (χ0) is 18.5. The molecule has 1 unspecified atom stereocenters. The number of nitrogens with one attached hydrogen (secondary N) is 1. The van der Waals surface area contributed by atoms with Gasteiger partial charge in [-0.25, -0.2) is 9.37 Å². The standard InChI is InChI=1S/C19H21FN4O2/c1-3-25-15-10-9-12(11-16(15)26-4-2)17(21)19-22-18(23-24-19)13-7-5-6-8-14(13)20/h5-11,17H,3-4,21H2,1-2H3,(H,22,23,24). The van der Waals surface area contributed by atoms with Crippen LogP contribution in [0, 0.1) is 5.82 Å². The molecule has 2 aromatic carbocycles. The average molecular weight is 356 g/mol. The molecule has 0 fully saturated rings. The number of benzene rings is 2. The summed E-state index contributed by atoms with van der Waals surface area (Å²) in [6.45, 7) is 4.87. The second kappa shape index (κ2) is 7.97. The minimum Gasteiger partial charge on any atom is -0.490 e. The number of rotatable bonds is 7. The normalized spacial score (nSPS) is 12.0. The van der Waals surface area contributed by atoms with Crippen molar-refractivity contribution in [3.05, 3.63) is 59.7 Å². The van der Waals surface area contributed by atoms with E-state index in [4.69, 9.17) is 15.2 Å². The van der Waals surface area contributed by atoms with Gasteiger partial charge in [-0.3, -0.25) is 5.10 Å². The smallest absolute Gasteiger partial charge is 0.184 e. The van der Waals surface area contributed by atoms with Crippen LogP contribution in [0.1, 0.15) is 31.3 Å². The van der Waals surface area contributed by atoms with E-state index >= 15 is 0 Å². The molecule has 0 radical (unpaired) electrons. The number of hydrogen-bond donors (Lipinski definition) is 2. The van der Waals surface area contributed by atoms with E-state index in [1.807, 2.05) is 32.0 Å². The summed E-state index contributed by atoms with van der Waals surface area (Å²) in [4.78, 5) is 4.35. The van der Waals surface area contributed by atoms with E-state index in [9.17, 15) is 4.39 Å². The van der Waals surface area contributed by atoms with Crippen molar-refractivity contribution in [2.24, 2.45) is 5.73 Å². The van der Waals surface area contributed by atoms with Crippen LogP contribution in [0.2, 0.25) is 0 Å². The first-order valence-corrected chi connectivity index (χ1v) is 8.46. The summed E-state index contributed by atoms with van der Waals surface area (Å²) in [6.07, 6.45) is 0. The SMILES string of the molecule is CCOc1ccc(C(N)c2nc(-c3ccccc3F)n[nH]2)cc1OCC. The molecule has 3 rings (SSSR count). The summed E-state index contributed by atoms with van der Waals surface area (Å²) in [5, 5.41) is 6.88. The Labute approximate surface area is 151 Å². The number of hydrogen-bond acceptors (Lipinski definition) is 5. The predicted octanol–water partition coefficient (Wildman–Crippen LogP) is 3.46. The molecule has 0 saturated carbocycles. The fourth-order valence-corrected chi connectivity index (χ4v) is 2.60. The van der Waals surface area contributed by atoms with E-state index in [1.54, 1.807) is 18.2 Å². The maximum Gasteiger partial charge on any atom is 0.184 e. The monoisotopic (exact) mass is 356 g/mol. The lowest BCUT2D eigenvalue weighted by Gasteiger charge is -2.14. The lowest BCUT2D eigenvalue weighted by molar-refractivity contribution is 0.287. The van der Waals surface area contributed by atoms with Crippen molar-refractivity contribution in [3.63, 3.8) is 0 Å². The molecule has 136 valence electrons. The van der Waals surface area contributed by atoms with Gasteiger partial charge in [0.05, 0.1) is 24.8 Å². The Kier molecular flexibility index (Phi) is 5.48. The molecule has 1 heterocycles. The summed E-state index contributed by atoms with van der Waals surface area (Å²) in [6, 6.07) is 11.3. The highest BCUT2D eigenvalue weighted by atomic mass is 19.1. The van der Waals surface area contributed by atoms with Crippen LogP contribution >= 0.6 is 0 Å². The van der Waals surface area contributed by atoms with Crippen LogP contribution in [0.3, 0.4) is 0 Å². The maximum absolute atomic E-state index is 13.9. The lowest BCUT2D eigenvalue weighted by Crippen LogP contribution is -2.14. The van der Waals surface area contributed by atoms with E-state index in [2.05, 4.69) is 15.2 Å². The molecule has 0 amide bonds. The van der Waals surface area contributed by atoms with Crippen molar-refractivity contribution in [2.45, 2.75) is 19.9 Å². The van der Waals surface area contributed by atoms with Gasteiger partial charge in [0.2, 0.25) is 0 Å². The minimum atomic E-state index is -0.557. The summed E-state index contributed by atoms with van der Waals surface area (Å²) in [5.41, 5.74) is 7.42. The third-order valence-electron chi connectivity index (χ3n) is 3.84. The molecule has 0 aliphatic heterocycles. The van der Waals surface area contributed by atoms with E-state index in [0.717, 1.165) is 5.56 Å². The number of aromatic nitrogens is 3. The molecule has 1 aromatic heterocycles. The topological polar surface area (TPSA) is 86.0 Å². The number of ether oxygens (including phenoxy) is 2. The first-order chi connectivity index (χ1) is 12.6. The van der Waals surface area contributed by atoms with E-state index in [0.29, 0.717) is 36.1 Å². The summed E-state index contributed by atoms with van der Waals surface area (Å²) in [5.74, 6) is 1.61. The summed E-state index contributed by atoms with van der Waals surface area (Å²) >= 11 is 0. The van der Waals surface area contributed by atoms with Gasteiger partial charge < -0.3 is 15.2 Å². The van der Waals surface area contributed by atoms with Gasteiger partial charge in [0.25, 0.3) is 0 Å². The predicted molar refractivity (Wildman–Crippen MR) is 96.6 cm³/mol. The molecule has 0 aliphatic carbocycles. The van der Waals surface area contributed by atoms with Gasteiger partial charge in [-0.2, -0.15) is 5.10 Å². The van der Waals surface area contributed by atoms with Crippen LogP contribution in [0.25, 0.3) is 11.4 Å². The molecular weight excluding hydrogens is 335 g/mol. The third kappa shape index (κ3) is 3.67. The molecule has 7 heteroatoms. The quantitative estimate of drug-likeness (QED) is 0.677. The highest BCUT2D eigenvalue weighted by molar-refractivity contribution is 5.55. The molecule has 26 heavy (non-hydrogen) atoms. The molecular formula is C19H21FN4O2. The number of aromatic amines is 1. The van der Waals surface area contributed by atoms with Crippen molar-refractivity contribution < 1.29 is 13.9 Å². The zero-order valence-electron chi connectivity index (χ0n) is 14.7. The molecule has 0 bridgehead atoms. The minimum absolute atomic E-state index is 0.268. The number of halogens is 1.